The van der Waals surface area contributed by atoms with Crippen molar-refractivity contribution >= 4 is 47.6 Å². The smallest absolute Gasteiger partial charge is 0.321 e. The van der Waals surface area contributed by atoms with Gasteiger partial charge in [-0.3, -0.25) is 9.59 Å². The molecule has 0 aliphatic rings. The fraction of sp³-hybridized carbons (Fsp3) is 0.600. The van der Waals surface area contributed by atoms with Crippen molar-refractivity contribution in [2.45, 2.75) is 65.6 Å². The largest absolute Gasteiger partial charge is 0.543 e. The first-order chi connectivity index (χ1) is 12.2. The fourth-order valence-corrected chi connectivity index (χ4v) is 4.37. The molecule has 0 saturated heterocycles. The predicted molar refractivity (Wildman–Crippen MR) is 116 cm³/mol. The summed E-state index contributed by atoms with van der Waals surface area (Å²) < 4.78 is 12.3. The Morgan fingerprint density at radius 2 is 1.78 bits per heavy atom. The molecule has 4 nitrogen and oxygen atoms in total. The lowest BCUT2D eigenvalue weighted by Gasteiger charge is -2.38. The van der Waals surface area contributed by atoms with Crippen LogP contribution in [0.4, 0.5) is 0 Å². The molecular formula is C20H30BrClO4Si. The third kappa shape index (κ3) is 5.81. The summed E-state index contributed by atoms with van der Waals surface area (Å²) in [5, 5.41) is 0.371. The minimum atomic E-state index is -2.22. The maximum atomic E-state index is 12.9. The van der Waals surface area contributed by atoms with Gasteiger partial charge in [0, 0.05) is 16.5 Å². The summed E-state index contributed by atoms with van der Waals surface area (Å²) in [6.07, 6.45) is 0. The van der Waals surface area contributed by atoms with Crippen molar-refractivity contribution in [3.05, 3.63) is 27.2 Å². The van der Waals surface area contributed by atoms with Gasteiger partial charge in [-0.1, -0.05) is 46.2 Å². The summed E-state index contributed by atoms with van der Waals surface area (Å²) in [4.78, 5) is 25.6. The summed E-state index contributed by atoms with van der Waals surface area (Å²) in [5.74, 6) is -1.70. The van der Waals surface area contributed by atoms with Crippen LogP contribution >= 0.6 is 27.5 Å². The van der Waals surface area contributed by atoms with Crippen molar-refractivity contribution in [1.82, 2.24) is 0 Å². The number of hydrogen-bond acceptors (Lipinski definition) is 4. The SMILES string of the molecule is CCOC(=O)C(C(=O)C(C)C)c1cc(Cl)cc(Br)c1O[Si](C)(C)C(C)(C)C. The molecule has 0 aliphatic carbocycles. The number of carbonyl (C=O) groups excluding carboxylic acids is 2. The second-order valence-corrected chi connectivity index (χ2v) is 14.4. The zero-order chi connectivity index (χ0) is 21.2. The Balaban J connectivity index is 3.63. The predicted octanol–water partition coefficient (Wildman–Crippen LogP) is 6.36. The summed E-state index contributed by atoms with van der Waals surface area (Å²) in [6, 6.07) is 3.35. The lowest BCUT2D eigenvalue weighted by Crippen LogP contribution is -2.44. The van der Waals surface area contributed by atoms with Gasteiger partial charge in [-0.25, -0.2) is 0 Å². The lowest BCUT2D eigenvalue weighted by atomic mass is 9.88. The average Bonchev–Trinajstić information content (AvgIpc) is 2.49. The number of benzene rings is 1. The van der Waals surface area contributed by atoms with Crippen LogP contribution in [-0.2, 0) is 14.3 Å². The van der Waals surface area contributed by atoms with Crippen molar-refractivity contribution < 1.29 is 18.8 Å². The van der Waals surface area contributed by atoms with Gasteiger partial charge in [0.15, 0.2) is 5.78 Å². The Kier molecular flexibility index (Phi) is 8.15. The molecule has 1 aromatic rings. The molecule has 27 heavy (non-hydrogen) atoms. The molecule has 1 rings (SSSR count). The molecule has 1 aromatic carbocycles. The molecule has 1 unspecified atom stereocenters. The molecule has 0 bridgehead atoms. The van der Waals surface area contributed by atoms with E-state index in [9.17, 15) is 9.59 Å². The van der Waals surface area contributed by atoms with Crippen LogP contribution in [0.3, 0.4) is 0 Å². The second-order valence-electron chi connectivity index (χ2n) is 8.41. The first-order valence-electron chi connectivity index (χ1n) is 9.11. The van der Waals surface area contributed by atoms with Gasteiger partial charge in [-0.05, 0) is 53.1 Å². The third-order valence-corrected chi connectivity index (χ3v) is 10.0. The summed E-state index contributed by atoms with van der Waals surface area (Å²) >= 11 is 9.77. The third-order valence-electron chi connectivity index (χ3n) is 4.89. The van der Waals surface area contributed by atoms with Crippen molar-refractivity contribution in [3.63, 3.8) is 0 Å². The molecule has 7 heteroatoms. The first kappa shape index (κ1) is 24.2. The molecule has 0 saturated carbocycles. The van der Waals surface area contributed by atoms with Gasteiger partial charge in [-0.15, -0.1) is 0 Å². The van der Waals surface area contributed by atoms with E-state index in [0.717, 1.165) is 0 Å². The van der Waals surface area contributed by atoms with E-state index < -0.39 is 20.2 Å². The molecular weight excluding hydrogens is 448 g/mol. The molecule has 0 aliphatic heterocycles. The van der Waals surface area contributed by atoms with Gasteiger partial charge < -0.3 is 9.16 Å². The van der Waals surface area contributed by atoms with E-state index in [-0.39, 0.29) is 23.3 Å². The van der Waals surface area contributed by atoms with E-state index in [1.165, 1.54) is 0 Å². The van der Waals surface area contributed by atoms with Gasteiger partial charge in [0.05, 0.1) is 11.1 Å². The normalized spacial score (nSPS) is 13.4. The number of hydrogen-bond donors (Lipinski definition) is 0. The van der Waals surface area contributed by atoms with Gasteiger partial charge >= 0.3 is 5.97 Å². The van der Waals surface area contributed by atoms with E-state index in [2.05, 4.69) is 49.8 Å². The van der Waals surface area contributed by atoms with Crippen molar-refractivity contribution in [3.8, 4) is 5.75 Å². The molecule has 0 aromatic heterocycles. The number of ketones is 1. The highest BCUT2D eigenvalue weighted by molar-refractivity contribution is 9.10. The van der Waals surface area contributed by atoms with E-state index in [4.69, 9.17) is 20.8 Å². The maximum Gasteiger partial charge on any atom is 0.321 e. The van der Waals surface area contributed by atoms with Crippen molar-refractivity contribution in [2.24, 2.45) is 5.92 Å². The Hall–Kier alpha value is -0.853. The van der Waals surface area contributed by atoms with E-state index in [0.29, 0.717) is 20.8 Å². The highest BCUT2D eigenvalue weighted by atomic mass is 79.9. The molecule has 0 amide bonds. The van der Waals surface area contributed by atoms with E-state index >= 15 is 0 Å². The molecule has 0 N–H and O–H groups in total. The minimum Gasteiger partial charge on any atom is -0.543 e. The van der Waals surface area contributed by atoms with Gasteiger partial charge in [0.25, 0.3) is 8.32 Å². The number of ether oxygens (including phenoxy) is 1. The summed E-state index contributed by atoms with van der Waals surface area (Å²) in [5.41, 5.74) is 0.455. The molecule has 0 heterocycles. The molecule has 0 spiro atoms. The van der Waals surface area contributed by atoms with Crippen LogP contribution in [0.5, 0.6) is 5.75 Å². The van der Waals surface area contributed by atoms with Gasteiger partial charge in [-0.2, -0.15) is 0 Å². The lowest BCUT2D eigenvalue weighted by molar-refractivity contribution is -0.148. The topological polar surface area (TPSA) is 52.6 Å². The quantitative estimate of drug-likeness (QED) is 0.260. The van der Waals surface area contributed by atoms with Gasteiger partial charge in [0.1, 0.15) is 11.7 Å². The zero-order valence-corrected chi connectivity index (χ0v) is 20.7. The van der Waals surface area contributed by atoms with Crippen LogP contribution in [0.15, 0.2) is 16.6 Å². The molecule has 1 atom stereocenters. The Morgan fingerprint density at radius 1 is 1.22 bits per heavy atom. The number of carbonyl (C=O) groups is 2. The van der Waals surface area contributed by atoms with Crippen molar-refractivity contribution in [2.75, 3.05) is 6.61 Å². The maximum absolute atomic E-state index is 12.9. The standard InChI is InChI=1S/C20H30BrClO4Si/c1-9-25-19(24)16(17(23)12(2)3)14-10-13(22)11-15(21)18(14)26-27(7,8)20(4,5)6/h10-12,16H,9H2,1-8H3. The summed E-state index contributed by atoms with van der Waals surface area (Å²) in [7, 11) is -2.22. The highest BCUT2D eigenvalue weighted by Gasteiger charge is 2.42. The molecule has 0 radical (unpaired) electrons. The number of Topliss-reactive ketones (excluding diaryl/α,β-unsaturated/α-hetero) is 1. The van der Waals surface area contributed by atoms with E-state index in [1.807, 2.05) is 0 Å². The zero-order valence-electron chi connectivity index (χ0n) is 17.4. The number of rotatable bonds is 7. The number of esters is 1. The van der Waals surface area contributed by atoms with Crippen molar-refractivity contribution in [1.29, 1.82) is 0 Å². The van der Waals surface area contributed by atoms with E-state index in [1.54, 1.807) is 32.9 Å². The van der Waals surface area contributed by atoms with Crippen LogP contribution in [0, 0.1) is 5.92 Å². The van der Waals surface area contributed by atoms with Crippen LogP contribution in [0.25, 0.3) is 0 Å². The number of halogens is 2. The Labute approximate surface area is 177 Å². The second kappa shape index (κ2) is 9.10. The Bertz CT molecular complexity index is 711. The molecule has 0 fully saturated rings. The Morgan fingerprint density at radius 3 is 2.22 bits per heavy atom. The molecule has 152 valence electrons. The van der Waals surface area contributed by atoms with Crippen LogP contribution in [0.1, 0.15) is 53.0 Å². The average molecular weight is 478 g/mol. The van der Waals surface area contributed by atoms with Gasteiger partial charge in [0.2, 0.25) is 0 Å². The van der Waals surface area contributed by atoms with Crippen LogP contribution < -0.4 is 4.43 Å². The van der Waals surface area contributed by atoms with Crippen LogP contribution in [-0.4, -0.2) is 26.7 Å². The monoisotopic (exact) mass is 476 g/mol. The summed E-state index contributed by atoms with van der Waals surface area (Å²) in [6.45, 7) is 16.1. The first-order valence-corrected chi connectivity index (χ1v) is 13.2. The minimum absolute atomic E-state index is 0.0508. The highest BCUT2D eigenvalue weighted by Crippen LogP contribution is 2.44. The fourth-order valence-electron chi connectivity index (χ4n) is 2.27. The van der Waals surface area contributed by atoms with Crippen LogP contribution in [0.2, 0.25) is 23.2 Å².